The molecule has 0 amide bonds. The molecule has 0 bridgehead atoms. The van der Waals surface area contributed by atoms with Crippen LogP contribution in [0.3, 0.4) is 0 Å². The molecule has 6 nitrogen and oxygen atoms in total. The number of unbranched alkanes of at least 4 members (excludes halogenated alkanes) is 51. The lowest BCUT2D eigenvalue weighted by Gasteiger charge is -2.18. The number of carbonyl (C=O) groups is 3. The summed E-state index contributed by atoms with van der Waals surface area (Å²) in [4.78, 5) is 38.4. The molecule has 1 atom stereocenters. The lowest BCUT2D eigenvalue weighted by Crippen LogP contribution is -2.30. The second kappa shape index (κ2) is 64.7. The molecular formula is C69H132O6. The van der Waals surface area contributed by atoms with Gasteiger partial charge in [-0.3, -0.25) is 14.4 Å². The summed E-state index contributed by atoms with van der Waals surface area (Å²) in [5.41, 5.74) is 0. The van der Waals surface area contributed by atoms with Gasteiger partial charge in [0, 0.05) is 19.3 Å². The second-order valence-corrected chi connectivity index (χ2v) is 23.5. The normalized spacial score (nSPS) is 12.0. The van der Waals surface area contributed by atoms with E-state index in [2.05, 4.69) is 32.9 Å². The Morgan fingerprint density at radius 2 is 0.440 bits per heavy atom. The average molecular weight is 1060 g/mol. The topological polar surface area (TPSA) is 78.9 Å². The van der Waals surface area contributed by atoms with Crippen molar-refractivity contribution in [3.63, 3.8) is 0 Å². The summed E-state index contributed by atoms with van der Waals surface area (Å²) in [7, 11) is 0. The van der Waals surface area contributed by atoms with Crippen molar-refractivity contribution >= 4 is 17.9 Å². The van der Waals surface area contributed by atoms with Gasteiger partial charge >= 0.3 is 17.9 Å². The number of hydrogen-bond donors (Lipinski definition) is 0. The minimum absolute atomic E-state index is 0.0643. The molecule has 0 spiro atoms. The molecule has 0 aromatic heterocycles. The molecule has 1 unspecified atom stereocenters. The highest BCUT2D eigenvalue weighted by Gasteiger charge is 2.19. The summed E-state index contributed by atoms with van der Waals surface area (Å²) in [6.07, 6.45) is 76.5. The molecule has 0 aliphatic carbocycles. The maximum atomic E-state index is 12.9. The Morgan fingerprint density at radius 3 is 0.667 bits per heavy atom. The first-order chi connectivity index (χ1) is 37.0. The smallest absolute Gasteiger partial charge is 0.306 e. The van der Waals surface area contributed by atoms with Crippen LogP contribution in [0.25, 0.3) is 0 Å². The summed E-state index contributed by atoms with van der Waals surface area (Å²) >= 11 is 0. The Kier molecular flexibility index (Phi) is 63.1. The van der Waals surface area contributed by atoms with Crippen LogP contribution in [0, 0.1) is 0 Å². The van der Waals surface area contributed by atoms with Crippen molar-refractivity contribution in [2.24, 2.45) is 0 Å². The van der Waals surface area contributed by atoms with Crippen molar-refractivity contribution in [2.45, 2.75) is 399 Å². The van der Waals surface area contributed by atoms with Crippen LogP contribution in [0.2, 0.25) is 0 Å². The van der Waals surface area contributed by atoms with Crippen molar-refractivity contribution in [3.8, 4) is 0 Å². The van der Waals surface area contributed by atoms with Gasteiger partial charge in [-0.05, 0) is 44.9 Å². The molecule has 6 heteroatoms. The molecule has 0 fully saturated rings. The highest BCUT2D eigenvalue weighted by molar-refractivity contribution is 5.71. The fourth-order valence-electron chi connectivity index (χ4n) is 10.6. The van der Waals surface area contributed by atoms with E-state index in [1.54, 1.807) is 0 Å². The Hall–Kier alpha value is -1.85. The van der Waals surface area contributed by atoms with Crippen molar-refractivity contribution < 1.29 is 28.6 Å². The number of esters is 3. The largest absolute Gasteiger partial charge is 0.462 e. The third kappa shape index (κ3) is 62.9. The molecule has 0 aliphatic rings. The monoisotopic (exact) mass is 1060 g/mol. The van der Waals surface area contributed by atoms with Gasteiger partial charge in [-0.1, -0.05) is 341 Å². The zero-order valence-electron chi connectivity index (χ0n) is 51.1. The maximum Gasteiger partial charge on any atom is 0.306 e. The number of ether oxygens (including phenoxy) is 3. The van der Waals surface area contributed by atoms with E-state index >= 15 is 0 Å². The minimum Gasteiger partial charge on any atom is -0.462 e. The molecule has 0 radical (unpaired) electrons. The van der Waals surface area contributed by atoms with Crippen LogP contribution in [0.1, 0.15) is 393 Å². The summed E-state index contributed by atoms with van der Waals surface area (Å²) in [5, 5.41) is 0. The first kappa shape index (κ1) is 73.2. The summed E-state index contributed by atoms with van der Waals surface area (Å²) in [5.74, 6) is -0.833. The van der Waals surface area contributed by atoms with Crippen LogP contribution < -0.4 is 0 Å². The van der Waals surface area contributed by atoms with Gasteiger partial charge in [-0.25, -0.2) is 0 Å². The van der Waals surface area contributed by atoms with E-state index in [0.29, 0.717) is 19.3 Å². The third-order valence-corrected chi connectivity index (χ3v) is 15.8. The van der Waals surface area contributed by atoms with Gasteiger partial charge in [0.15, 0.2) is 6.10 Å². The van der Waals surface area contributed by atoms with Crippen molar-refractivity contribution in [3.05, 3.63) is 12.2 Å². The first-order valence-electron chi connectivity index (χ1n) is 34.2. The fourth-order valence-corrected chi connectivity index (χ4v) is 10.6. The van der Waals surface area contributed by atoms with Crippen LogP contribution in [-0.4, -0.2) is 37.2 Å². The first-order valence-corrected chi connectivity index (χ1v) is 34.2. The molecule has 0 saturated carbocycles. The predicted octanol–water partition coefficient (Wildman–Crippen LogP) is 23.2. The highest BCUT2D eigenvalue weighted by atomic mass is 16.6. The van der Waals surface area contributed by atoms with E-state index in [1.807, 2.05) is 0 Å². The summed E-state index contributed by atoms with van der Waals surface area (Å²) in [6, 6.07) is 0. The molecule has 0 rings (SSSR count). The number of carbonyl (C=O) groups excluding carboxylic acids is 3. The molecule has 0 aromatic rings. The number of rotatable bonds is 64. The van der Waals surface area contributed by atoms with Gasteiger partial charge in [0.05, 0.1) is 0 Å². The van der Waals surface area contributed by atoms with E-state index in [-0.39, 0.29) is 31.1 Å². The maximum absolute atomic E-state index is 12.9. The van der Waals surface area contributed by atoms with Gasteiger partial charge in [-0.15, -0.1) is 0 Å². The quantitative estimate of drug-likeness (QED) is 0.0261. The average Bonchev–Trinajstić information content (AvgIpc) is 3.41. The van der Waals surface area contributed by atoms with Gasteiger partial charge in [0.2, 0.25) is 0 Å². The third-order valence-electron chi connectivity index (χ3n) is 15.8. The van der Waals surface area contributed by atoms with E-state index in [0.717, 1.165) is 57.8 Å². The van der Waals surface area contributed by atoms with Crippen molar-refractivity contribution in [1.29, 1.82) is 0 Å². The van der Waals surface area contributed by atoms with Gasteiger partial charge in [-0.2, -0.15) is 0 Å². The number of hydrogen-bond acceptors (Lipinski definition) is 6. The zero-order chi connectivity index (χ0) is 54.3. The van der Waals surface area contributed by atoms with Crippen LogP contribution in [0.5, 0.6) is 0 Å². The van der Waals surface area contributed by atoms with Gasteiger partial charge in [0.1, 0.15) is 13.2 Å². The molecule has 0 saturated heterocycles. The van der Waals surface area contributed by atoms with Crippen molar-refractivity contribution in [1.82, 2.24) is 0 Å². The van der Waals surface area contributed by atoms with Crippen LogP contribution in [0.4, 0.5) is 0 Å². The molecule has 75 heavy (non-hydrogen) atoms. The van der Waals surface area contributed by atoms with Crippen LogP contribution in [0.15, 0.2) is 12.2 Å². The molecule has 0 N–H and O–H groups in total. The lowest BCUT2D eigenvalue weighted by atomic mass is 10.0. The van der Waals surface area contributed by atoms with E-state index in [1.165, 1.54) is 295 Å². The fraction of sp³-hybridized carbons (Fsp3) is 0.928. The standard InChI is InChI=1S/C69H132O6/c1-4-7-10-13-16-19-22-25-28-31-34-36-38-41-44-47-50-53-56-59-62-68(71)74-65-66(64-73-67(70)61-58-55-52-49-46-43-40-37-33-30-27-24-21-18-15-12-9-6-3)75-69(72)63-60-57-54-51-48-45-42-39-35-32-29-26-23-20-17-14-11-8-5-2/h30,33,66H,4-29,31-32,34-65H2,1-3H3/b33-30-. The molecular weight excluding hydrogens is 925 g/mol. The summed E-state index contributed by atoms with van der Waals surface area (Å²) in [6.45, 7) is 6.73. The Labute approximate surface area is 469 Å². The predicted molar refractivity (Wildman–Crippen MR) is 326 cm³/mol. The lowest BCUT2D eigenvalue weighted by molar-refractivity contribution is -0.167. The Balaban J connectivity index is 4.29. The van der Waals surface area contributed by atoms with Gasteiger partial charge < -0.3 is 14.2 Å². The van der Waals surface area contributed by atoms with E-state index in [9.17, 15) is 14.4 Å². The molecule has 0 aromatic carbocycles. The summed E-state index contributed by atoms with van der Waals surface area (Å²) < 4.78 is 17.0. The van der Waals surface area contributed by atoms with Crippen LogP contribution in [-0.2, 0) is 28.6 Å². The Morgan fingerprint density at radius 1 is 0.253 bits per heavy atom. The van der Waals surface area contributed by atoms with E-state index < -0.39 is 6.10 Å². The highest BCUT2D eigenvalue weighted by Crippen LogP contribution is 2.19. The SMILES string of the molecule is CCCCCCCCC/C=C\CCCCCCCCCC(=O)OCC(COC(=O)CCCCCCCCCCCCCCCCCCCCCC)OC(=O)CCCCCCCCCCCCCCCCCCCCC. The molecule has 0 aliphatic heterocycles. The minimum atomic E-state index is -0.768. The second-order valence-electron chi connectivity index (χ2n) is 23.5. The van der Waals surface area contributed by atoms with Crippen molar-refractivity contribution in [2.75, 3.05) is 13.2 Å². The zero-order valence-corrected chi connectivity index (χ0v) is 51.1. The Bertz CT molecular complexity index is 1170. The molecule has 0 heterocycles. The van der Waals surface area contributed by atoms with E-state index in [4.69, 9.17) is 14.2 Å². The van der Waals surface area contributed by atoms with Crippen LogP contribution >= 0.6 is 0 Å². The number of allylic oxidation sites excluding steroid dienone is 2. The molecule has 444 valence electrons. The van der Waals surface area contributed by atoms with Gasteiger partial charge in [0.25, 0.3) is 0 Å².